The molecule has 0 unspecified atom stereocenters. The molecule has 1 aliphatic heterocycles. The van der Waals surface area contributed by atoms with Gasteiger partial charge in [-0.05, 0) is 78.1 Å². The summed E-state index contributed by atoms with van der Waals surface area (Å²) in [5.41, 5.74) is 6.71. The fourth-order valence-corrected chi connectivity index (χ4v) is 6.82. The molecule has 0 fully saturated rings. The molecule has 0 atom stereocenters. The van der Waals surface area contributed by atoms with E-state index >= 15 is 0 Å². The minimum atomic E-state index is -4.84. The topological polar surface area (TPSA) is 129 Å². The van der Waals surface area contributed by atoms with E-state index in [1.165, 1.54) is 12.1 Å². The molecule has 10 nitrogen and oxygen atoms in total. The van der Waals surface area contributed by atoms with Crippen LogP contribution < -0.4 is 19.6 Å². The molecule has 0 radical (unpaired) electrons. The first kappa shape index (κ1) is 32.2. The number of carbonyl (C=O) groups is 2. The average Bonchev–Trinajstić information content (AvgIpc) is 3.32. The molecule has 1 heterocycles. The minimum Gasteiger partial charge on any atom is -0.441 e. The van der Waals surface area contributed by atoms with Crippen LogP contribution in [0.2, 0.25) is 0 Å². The fourth-order valence-electron chi connectivity index (χ4n) is 6.39. The monoisotopic (exact) mass is 659 g/mol. The predicted octanol–water partition coefficient (Wildman–Crippen LogP) is 5.10. The van der Waals surface area contributed by atoms with Gasteiger partial charge in [0.05, 0.1) is 5.56 Å². The van der Waals surface area contributed by atoms with Crippen LogP contribution in [0.15, 0.2) is 72.8 Å². The number of benzene rings is 4. The molecule has 2 aliphatic rings. The summed E-state index contributed by atoms with van der Waals surface area (Å²) in [5.74, 6) is -1.15. The first-order valence-corrected chi connectivity index (χ1v) is 16.5. The Morgan fingerprint density at radius 1 is 0.915 bits per heavy atom. The maximum atomic E-state index is 13.6. The van der Waals surface area contributed by atoms with Crippen molar-refractivity contribution < 1.29 is 37.6 Å². The van der Waals surface area contributed by atoms with Gasteiger partial charge in [-0.3, -0.25) is 14.6 Å². The zero-order chi connectivity index (χ0) is 33.7. The van der Waals surface area contributed by atoms with Gasteiger partial charge in [0.2, 0.25) is 0 Å². The number of phosphoric ester groups is 1. The highest BCUT2D eigenvalue weighted by Gasteiger charge is 2.52. The Morgan fingerprint density at radius 3 is 2.11 bits per heavy atom. The summed E-state index contributed by atoms with van der Waals surface area (Å²) in [6, 6.07) is 21.6. The highest BCUT2D eigenvalue weighted by atomic mass is 31.2. The van der Waals surface area contributed by atoms with E-state index in [2.05, 4.69) is 22.0 Å². The van der Waals surface area contributed by atoms with Crippen molar-refractivity contribution in [2.24, 2.45) is 0 Å². The molecule has 3 N–H and O–H groups in total. The van der Waals surface area contributed by atoms with Crippen LogP contribution in [0, 0.1) is 0 Å². The molecule has 0 saturated carbocycles. The number of nitrogens with zero attached hydrogens (tertiary/aromatic N) is 2. The van der Waals surface area contributed by atoms with Gasteiger partial charge in [-0.25, -0.2) is 13.8 Å². The van der Waals surface area contributed by atoms with E-state index in [0.29, 0.717) is 29.5 Å². The van der Waals surface area contributed by atoms with Gasteiger partial charge in [-0.15, -0.1) is 0 Å². The van der Waals surface area contributed by atoms with Gasteiger partial charge in [0.15, 0.2) is 5.60 Å². The van der Waals surface area contributed by atoms with Crippen LogP contribution >= 0.6 is 7.82 Å². The highest BCUT2D eigenvalue weighted by molar-refractivity contribution is 7.46. The van der Waals surface area contributed by atoms with Gasteiger partial charge in [0.25, 0.3) is 5.91 Å². The summed E-state index contributed by atoms with van der Waals surface area (Å²) < 4.78 is 35.6. The van der Waals surface area contributed by atoms with Crippen LogP contribution in [0.3, 0.4) is 0 Å². The molecule has 1 amide bonds. The number of hydrogen-bond donors (Lipinski definition) is 3. The summed E-state index contributed by atoms with van der Waals surface area (Å²) in [4.78, 5) is 49.0. The first-order valence-electron chi connectivity index (χ1n) is 15.0. The molecule has 1 aliphatic carbocycles. The van der Waals surface area contributed by atoms with E-state index < -0.39 is 32.0 Å². The van der Waals surface area contributed by atoms with Gasteiger partial charge < -0.3 is 24.4 Å². The second-order valence-corrected chi connectivity index (χ2v) is 13.3. The summed E-state index contributed by atoms with van der Waals surface area (Å²) in [7, 11) is 3.10. The molecule has 4 aromatic rings. The van der Waals surface area contributed by atoms with E-state index in [0.717, 1.165) is 33.6 Å². The molecular weight excluding hydrogens is 624 g/mol. The second-order valence-electron chi connectivity index (χ2n) is 12.1. The van der Waals surface area contributed by atoms with Gasteiger partial charge in [-0.2, -0.15) is 0 Å². The average molecular weight is 660 g/mol. The normalized spacial score (nSPS) is 14.1. The Labute approximate surface area is 272 Å². The molecule has 4 aromatic carbocycles. The molecule has 12 heteroatoms. The van der Waals surface area contributed by atoms with Crippen LogP contribution in [-0.4, -0.2) is 56.4 Å². The first-order chi connectivity index (χ1) is 22.3. The lowest BCUT2D eigenvalue weighted by atomic mass is 9.70. The van der Waals surface area contributed by atoms with Crippen LogP contribution in [0.5, 0.6) is 5.75 Å². The predicted molar refractivity (Wildman–Crippen MR) is 176 cm³/mol. The maximum absolute atomic E-state index is 13.6. The quantitative estimate of drug-likeness (QED) is 0.166. The Kier molecular flexibility index (Phi) is 8.34. The third kappa shape index (κ3) is 5.98. The Morgan fingerprint density at radius 2 is 1.53 bits per heavy atom. The zero-order valence-corrected chi connectivity index (χ0v) is 27.3. The number of alkyl halides is 1. The second kappa shape index (κ2) is 12.2. The van der Waals surface area contributed by atoms with Gasteiger partial charge in [-0.1, -0.05) is 24.3 Å². The Hall–Kier alpha value is -4.70. The number of halogens is 1. The summed E-state index contributed by atoms with van der Waals surface area (Å²) in [5, 5.41) is 2.83. The number of esters is 1. The Bertz CT molecular complexity index is 1900. The maximum Gasteiger partial charge on any atom is 0.524 e. The van der Waals surface area contributed by atoms with E-state index in [-0.39, 0.29) is 23.4 Å². The van der Waals surface area contributed by atoms with E-state index in [4.69, 9.17) is 14.5 Å². The lowest BCUT2D eigenvalue weighted by Crippen LogP contribution is -2.35. The molecule has 1 spiro atoms. The van der Waals surface area contributed by atoms with Crippen molar-refractivity contribution in [3.63, 3.8) is 0 Å². The summed E-state index contributed by atoms with van der Waals surface area (Å²) >= 11 is 0. The number of rotatable bonds is 9. The van der Waals surface area contributed by atoms with Crippen molar-refractivity contribution >= 4 is 31.1 Å². The number of hydrogen-bond acceptors (Lipinski definition) is 7. The van der Waals surface area contributed by atoms with Crippen molar-refractivity contribution in [3.8, 4) is 5.75 Å². The fraction of sp³-hybridized carbons (Fsp3) is 0.257. The van der Waals surface area contributed by atoms with Crippen molar-refractivity contribution in [3.05, 3.63) is 123 Å². The van der Waals surface area contributed by atoms with Crippen LogP contribution in [0.4, 0.5) is 15.8 Å². The number of ether oxygens (including phenoxy) is 1. The van der Waals surface area contributed by atoms with Crippen molar-refractivity contribution in [2.75, 3.05) is 44.5 Å². The number of amides is 1. The smallest absolute Gasteiger partial charge is 0.441 e. The van der Waals surface area contributed by atoms with Crippen molar-refractivity contribution in [2.45, 2.75) is 25.1 Å². The minimum absolute atomic E-state index is 0.00930. The SMILES string of the molecule is CN(C)c1ccc2c(c1)Cc1cc(N(C)C)ccc1C21OC(=O)c2cc(C(=O)NCCc3ccc(OP(=O)(O)O)c(CF)c3)ccc21. The number of carbonyl (C=O) groups excluding carboxylic acids is 2. The third-order valence-electron chi connectivity index (χ3n) is 8.66. The van der Waals surface area contributed by atoms with Crippen LogP contribution in [0.1, 0.15) is 59.7 Å². The highest BCUT2D eigenvalue weighted by Crippen LogP contribution is 2.53. The van der Waals surface area contributed by atoms with Gasteiger partial charge in [0, 0.05) is 73.9 Å². The molecule has 0 saturated heterocycles. The molecule has 244 valence electrons. The Balaban J connectivity index is 1.29. The number of nitrogens with one attached hydrogen (secondary N) is 1. The lowest BCUT2D eigenvalue weighted by Gasteiger charge is -2.38. The molecule has 6 rings (SSSR count). The van der Waals surface area contributed by atoms with Gasteiger partial charge >= 0.3 is 13.8 Å². The van der Waals surface area contributed by atoms with E-state index in [1.54, 1.807) is 24.3 Å². The van der Waals surface area contributed by atoms with E-state index in [9.17, 15) is 18.5 Å². The van der Waals surface area contributed by atoms with Crippen molar-refractivity contribution in [1.29, 1.82) is 0 Å². The summed E-state index contributed by atoms with van der Waals surface area (Å²) in [6.07, 6.45) is 0.998. The van der Waals surface area contributed by atoms with Gasteiger partial charge in [0.1, 0.15) is 12.4 Å². The largest absolute Gasteiger partial charge is 0.524 e. The molecule has 0 bridgehead atoms. The number of phosphoric acid groups is 1. The van der Waals surface area contributed by atoms with Crippen molar-refractivity contribution in [1.82, 2.24) is 5.32 Å². The molecular formula is C35H35FN3O7P. The molecule has 0 aromatic heterocycles. The zero-order valence-electron chi connectivity index (χ0n) is 26.4. The number of anilines is 2. The molecule has 47 heavy (non-hydrogen) atoms. The summed E-state index contributed by atoms with van der Waals surface area (Å²) in [6.45, 7) is -0.789. The van der Waals surface area contributed by atoms with Crippen LogP contribution in [-0.2, 0) is 34.4 Å². The number of fused-ring (bicyclic) bond motifs is 6. The van der Waals surface area contributed by atoms with E-state index in [1.807, 2.05) is 62.3 Å². The third-order valence-corrected chi connectivity index (χ3v) is 9.10. The lowest BCUT2D eigenvalue weighted by molar-refractivity contribution is 0.0240. The standard InChI is InChI=1S/C35H35FN3O7P/c1-38(2)26-7-10-29-23(17-26)16-24-18-27(39(3)4)8-11-30(24)35(29)31-9-6-22(19-28(31)34(41)45-35)33(40)37-14-13-21-5-12-32(25(15-21)20-36)46-47(42,43)44/h5-12,15,17-19H,13-14,16,20H2,1-4H3,(H,37,40)(H2,42,43,44). The van der Waals surface area contributed by atoms with Crippen LogP contribution in [0.25, 0.3) is 0 Å².